The maximum Gasteiger partial charge on any atom is 0.417 e. The number of carbonyl (C=O) groups excluding carboxylic acids is 1. The van der Waals surface area contributed by atoms with Crippen LogP contribution in [0.4, 0.5) is 29.6 Å². The van der Waals surface area contributed by atoms with Crippen molar-refractivity contribution in [3.63, 3.8) is 0 Å². The van der Waals surface area contributed by atoms with Gasteiger partial charge in [0.05, 0.1) is 11.3 Å². The van der Waals surface area contributed by atoms with Crippen LogP contribution in [0, 0.1) is 11.8 Å². The lowest BCUT2D eigenvalue weighted by molar-refractivity contribution is -0.137. The summed E-state index contributed by atoms with van der Waals surface area (Å²) in [6.07, 6.45) is 1.04. The fourth-order valence-corrected chi connectivity index (χ4v) is 4.85. The molecule has 2 fully saturated rings. The zero-order valence-electron chi connectivity index (χ0n) is 21.5. The van der Waals surface area contributed by atoms with Crippen molar-refractivity contribution in [3.05, 3.63) is 54.5 Å². The Bertz CT molecular complexity index is 1200. The van der Waals surface area contributed by atoms with Crippen LogP contribution in [0.2, 0.25) is 0 Å². The molecule has 5 rings (SSSR count). The van der Waals surface area contributed by atoms with Crippen molar-refractivity contribution in [3.8, 4) is 11.3 Å². The number of aromatic amines is 1. The van der Waals surface area contributed by atoms with Gasteiger partial charge in [0.1, 0.15) is 17.2 Å². The number of ether oxygens (including phenoxy) is 1. The summed E-state index contributed by atoms with van der Waals surface area (Å²) in [5.41, 5.74) is 3.94. The Hall–Kier alpha value is -3.83. The van der Waals surface area contributed by atoms with Gasteiger partial charge in [0.2, 0.25) is 0 Å². The third kappa shape index (κ3) is 6.93. The van der Waals surface area contributed by atoms with Crippen molar-refractivity contribution >= 4 is 17.7 Å². The predicted octanol–water partition coefficient (Wildman–Crippen LogP) is 5.21. The molecular formula is C26H32F3N7O2. The number of likely N-dealkylation sites (tertiary alicyclic amines) is 1. The van der Waals surface area contributed by atoms with Crippen molar-refractivity contribution < 1.29 is 22.7 Å². The highest BCUT2D eigenvalue weighted by molar-refractivity contribution is 5.68. The number of H-pyrrole nitrogens is 1. The topological polar surface area (TPSA) is 122 Å². The number of carbonyl (C=O) groups is 1. The fraction of sp³-hybridized carbons (Fsp3) is 0.462. The molecule has 9 nitrogen and oxygen atoms in total. The van der Waals surface area contributed by atoms with Gasteiger partial charge in [-0.2, -0.15) is 13.2 Å². The number of pyridine rings is 1. The van der Waals surface area contributed by atoms with Crippen LogP contribution in [0.25, 0.3) is 11.3 Å². The molecule has 12 heteroatoms. The predicted molar refractivity (Wildman–Crippen MR) is 137 cm³/mol. The third-order valence-corrected chi connectivity index (χ3v) is 6.44. The molecule has 1 aliphatic heterocycles. The quantitative estimate of drug-likeness (QED) is 0.424. The Morgan fingerprint density at radius 1 is 1.11 bits per heavy atom. The number of alkyl halides is 3. The van der Waals surface area contributed by atoms with Gasteiger partial charge in [0, 0.05) is 43.3 Å². The molecule has 4 N–H and O–H groups in total. The number of nitrogens with one attached hydrogen (secondary N) is 2. The molecule has 3 aromatic heterocycles. The standard InChI is InChI=1S/C22H26F3N5O2.C4H6N2/c1-21(2,3)32-20(31)30-11-13-8-15(9-14(13)12-30)27-19-5-4-18(28-29-19)16-10-26-7-6-17(16)22(23,24)25;5-4-2-1-3-6-4/h4-7,10,13-15H,8-9,11-12H2,1-3H3,(H,27,29);1-3,6H,5H2/t13-,14+,15?;. The molecule has 0 radical (unpaired) electrons. The second-order valence-electron chi connectivity index (χ2n) is 10.6. The Labute approximate surface area is 219 Å². The number of nitrogens with zero attached hydrogens (tertiary/aromatic N) is 4. The number of nitrogens with two attached hydrogens (primary N) is 1. The number of aromatic nitrogens is 4. The van der Waals surface area contributed by atoms with E-state index in [-0.39, 0.29) is 23.4 Å². The van der Waals surface area contributed by atoms with E-state index in [0.717, 1.165) is 37.1 Å². The number of halogens is 3. The zero-order chi connectivity index (χ0) is 27.5. The molecule has 1 saturated heterocycles. The molecule has 3 atom stereocenters. The van der Waals surface area contributed by atoms with Crippen LogP contribution in [0.1, 0.15) is 39.2 Å². The Balaban J connectivity index is 0.000000494. The first kappa shape index (κ1) is 27.2. The average Bonchev–Trinajstić information content (AvgIpc) is 3.55. The lowest BCUT2D eigenvalue weighted by Gasteiger charge is -2.25. The first-order chi connectivity index (χ1) is 17.9. The molecular weight excluding hydrogens is 499 g/mol. The second-order valence-corrected chi connectivity index (χ2v) is 10.6. The third-order valence-electron chi connectivity index (χ3n) is 6.44. The average molecular weight is 532 g/mol. The smallest absolute Gasteiger partial charge is 0.417 e. The van der Waals surface area contributed by atoms with E-state index < -0.39 is 17.3 Å². The number of fused-ring (bicyclic) bond motifs is 1. The minimum atomic E-state index is -4.49. The van der Waals surface area contributed by atoms with Crippen LogP contribution in [-0.4, -0.2) is 55.9 Å². The summed E-state index contributed by atoms with van der Waals surface area (Å²) in [7, 11) is 0. The van der Waals surface area contributed by atoms with E-state index in [1.54, 1.807) is 23.2 Å². The number of hydrogen-bond acceptors (Lipinski definition) is 7. The van der Waals surface area contributed by atoms with E-state index in [4.69, 9.17) is 10.5 Å². The molecule has 204 valence electrons. The molecule has 38 heavy (non-hydrogen) atoms. The van der Waals surface area contributed by atoms with Gasteiger partial charge in [-0.3, -0.25) is 4.98 Å². The SMILES string of the molecule is CC(C)(C)OC(=O)N1C[C@H]2CC(Nc3ccc(-c4cnccc4C(F)(F)F)nn3)C[C@H]2C1.Nc1ccc[nH]1. The van der Waals surface area contributed by atoms with Crippen LogP contribution >= 0.6 is 0 Å². The van der Waals surface area contributed by atoms with Gasteiger partial charge in [-0.05, 0) is 75.8 Å². The summed E-state index contributed by atoms with van der Waals surface area (Å²) in [5.74, 6) is 2.00. The Morgan fingerprint density at radius 3 is 2.32 bits per heavy atom. The molecule has 0 spiro atoms. The van der Waals surface area contributed by atoms with Gasteiger partial charge < -0.3 is 25.7 Å². The first-order valence-corrected chi connectivity index (χ1v) is 12.4. The first-order valence-electron chi connectivity index (χ1n) is 12.4. The molecule has 1 aliphatic carbocycles. The van der Waals surface area contributed by atoms with E-state index in [1.165, 1.54) is 6.07 Å². The molecule has 1 unspecified atom stereocenters. The van der Waals surface area contributed by atoms with Crippen LogP contribution in [-0.2, 0) is 10.9 Å². The van der Waals surface area contributed by atoms with Gasteiger partial charge in [0.25, 0.3) is 0 Å². The zero-order valence-corrected chi connectivity index (χ0v) is 21.5. The number of nitrogen functional groups attached to an aromatic ring is 1. The summed E-state index contributed by atoms with van der Waals surface area (Å²) in [4.78, 5) is 20.6. The molecule has 0 aromatic carbocycles. The lowest BCUT2D eigenvalue weighted by Crippen LogP contribution is -2.36. The fourth-order valence-electron chi connectivity index (χ4n) is 4.85. The number of rotatable bonds is 3. The normalized spacial score (nSPS) is 20.9. The van der Waals surface area contributed by atoms with E-state index in [9.17, 15) is 18.0 Å². The largest absolute Gasteiger partial charge is 0.444 e. The summed E-state index contributed by atoms with van der Waals surface area (Å²) < 4.78 is 45.2. The molecule has 1 saturated carbocycles. The lowest BCUT2D eigenvalue weighted by atomic mass is 10.0. The van der Waals surface area contributed by atoms with Crippen LogP contribution in [0.15, 0.2) is 48.9 Å². The van der Waals surface area contributed by atoms with Gasteiger partial charge in [-0.15, -0.1) is 10.2 Å². The Morgan fingerprint density at radius 2 is 1.82 bits per heavy atom. The van der Waals surface area contributed by atoms with Gasteiger partial charge in [0.15, 0.2) is 0 Å². The van der Waals surface area contributed by atoms with E-state index in [0.29, 0.717) is 30.7 Å². The molecule has 4 heterocycles. The molecule has 1 amide bonds. The highest BCUT2D eigenvalue weighted by Crippen LogP contribution is 2.40. The van der Waals surface area contributed by atoms with E-state index in [2.05, 4.69) is 25.5 Å². The van der Waals surface area contributed by atoms with Crippen LogP contribution < -0.4 is 11.1 Å². The van der Waals surface area contributed by atoms with Crippen molar-refractivity contribution in [2.75, 3.05) is 24.1 Å². The van der Waals surface area contributed by atoms with Crippen molar-refractivity contribution in [2.24, 2.45) is 11.8 Å². The molecule has 0 bridgehead atoms. The van der Waals surface area contributed by atoms with E-state index in [1.807, 2.05) is 26.8 Å². The highest BCUT2D eigenvalue weighted by atomic mass is 19.4. The minimum absolute atomic E-state index is 0.100. The molecule has 2 aliphatic rings. The van der Waals surface area contributed by atoms with Gasteiger partial charge in [-0.25, -0.2) is 4.79 Å². The minimum Gasteiger partial charge on any atom is -0.444 e. The van der Waals surface area contributed by atoms with Gasteiger partial charge in [-0.1, -0.05) is 0 Å². The summed E-state index contributed by atoms with van der Waals surface area (Å²) in [6, 6.07) is 7.92. The van der Waals surface area contributed by atoms with E-state index >= 15 is 0 Å². The highest BCUT2D eigenvalue weighted by Gasteiger charge is 2.43. The number of amides is 1. The Kier molecular flexibility index (Phi) is 7.79. The summed E-state index contributed by atoms with van der Waals surface area (Å²) >= 11 is 0. The van der Waals surface area contributed by atoms with Crippen LogP contribution in [0.5, 0.6) is 0 Å². The van der Waals surface area contributed by atoms with Crippen molar-refractivity contribution in [1.29, 1.82) is 0 Å². The van der Waals surface area contributed by atoms with Crippen molar-refractivity contribution in [1.82, 2.24) is 25.1 Å². The van der Waals surface area contributed by atoms with Crippen LogP contribution in [0.3, 0.4) is 0 Å². The maximum atomic E-state index is 13.2. The second kappa shape index (κ2) is 10.9. The monoisotopic (exact) mass is 531 g/mol. The summed E-state index contributed by atoms with van der Waals surface area (Å²) in [5, 5.41) is 11.4. The maximum absolute atomic E-state index is 13.2. The van der Waals surface area contributed by atoms with Gasteiger partial charge >= 0.3 is 12.3 Å². The summed E-state index contributed by atoms with van der Waals surface area (Å²) in [6.45, 7) is 6.90. The number of anilines is 2. The van der Waals surface area contributed by atoms with Crippen molar-refractivity contribution in [2.45, 2.75) is 51.4 Å². The molecule has 3 aromatic rings. The number of hydrogen-bond donors (Lipinski definition) is 3.